The first-order chi connectivity index (χ1) is 13.9. The number of aliphatic imine (C=N–C) groups is 1. The van der Waals surface area contributed by atoms with E-state index in [9.17, 15) is 0 Å². The van der Waals surface area contributed by atoms with E-state index in [2.05, 4.69) is 54.9 Å². The summed E-state index contributed by atoms with van der Waals surface area (Å²) in [4.78, 5) is 20.1. The van der Waals surface area contributed by atoms with Crippen molar-refractivity contribution in [3.05, 3.63) is 23.4 Å². The number of amidine groups is 1. The number of aryl methyl sites for hydroxylation is 2. The van der Waals surface area contributed by atoms with Crippen LogP contribution in [0.25, 0.3) is 0 Å². The molecule has 2 aliphatic rings. The van der Waals surface area contributed by atoms with Gasteiger partial charge in [-0.1, -0.05) is 19.9 Å². The van der Waals surface area contributed by atoms with E-state index >= 15 is 0 Å². The molecule has 0 saturated carbocycles. The van der Waals surface area contributed by atoms with Crippen molar-refractivity contribution in [1.29, 1.82) is 0 Å². The molecule has 0 N–H and O–H groups in total. The van der Waals surface area contributed by atoms with E-state index in [-0.39, 0.29) is 6.17 Å². The van der Waals surface area contributed by atoms with Crippen molar-refractivity contribution in [2.45, 2.75) is 63.7 Å². The van der Waals surface area contributed by atoms with Crippen LogP contribution in [0, 0.1) is 12.8 Å². The lowest BCUT2D eigenvalue weighted by atomic mass is 10.0. The molecule has 3 rings (SSSR count). The molecule has 0 aromatic carbocycles. The fraction of sp³-hybridized carbons (Fsp3) is 0.727. The maximum absolute atomic E-state index is 5.90. The van der Waals surface area contributed by atoms with Gasteiger partial charge in [0.1, 0.15) is 6.17 Å². The number of nitrogens with zero attached hydrogens (tertiary/aromatic N) is 5. The fourth-order valence-corrected chi connectivity index (χ4v) is 4.83. The molecule has 162 valence electrons. The number of hydrogen-bond acceptors (Lipinski definition) is 7. The summed E-state index contributed by atoms with van der Waals surface area (Å²) < 4.78 is 0. The standard InChI is InChI=1S/C22H37N5OS/c1-16(2)20-24-22(28-26(20)5)27-12-9-19(10-13-27)25(4)11-7-8-18-14-17(3)21(29-6)23-15-18/h14-16,19-20H,7-13H2,1-6H3. The molecule has 2 aliphatic heterocycles. The highest BCUT2D eigenvalue weighted by Gasteiger charge is 2.33. The summed E-state index contributed by atoms with van der Waals surface area (Å²) in [5, 5.41) is 3.03. The fourth-order valence-electron chi connectivity index (χ4n) is 4.29. The minimum Gasteiger partial charge on any atom is -0.366 e. The van der Waals surface area contributed by atoms with Crippen LogP contribution in [-0.2, 0) is 11.3 Å². The van der Waals surface area contributed by atoms with E-state index in [0.717, 1.165) is 49.9 Å². The maximum atomic E-state index is 5.90. The molecular formula is C22H37N5OS. The second kappa shape index (κ2) is 10.1. The molecular weight excluding hydrogens is 382 g/mol. The third kappa shape index (κ3) is 5.64. The molecule has 1 aromatic rings. The van der Waals surface area contributed by atoms with Gasteiger partial charge in [-0.3, -0.25) is 0 Å². The van der Waals surface area contributed by atoms with E-state index in [0.29, 0.717) is 12.0 Å². The summed E-state index contributed by atoms with van der Waals surface area (Å²) in [7, 11) is 4.25. The Morgan fingerprint density at radius 2 is 2.03 bits per heavy atom. The van der Waals surface area contributed by atoms with Gasteiger partial charge in [-0.05, 0) is 69.5 Å². The van der Waals surface area contributed by atoms with Crippen LogP contribution in [-0.4, -0.2) is 78.1 Å². The summed E-state index contributed by atoms with van der Waals surface area (Å²) >= 11 is 1.72. The van der Waals surface area contributed by atoms with Crippen molar-refractivity contribution in [2.75, 3.05) is 40.0 Å². The van der Waals surface area contributed by atoms with E-state index < -0.39 is 0 Å². The van der Waals surface area contributed by atoms with Gasteiger partial charge in [0.15, 0.2) is 0 Å². The Kier molecular flexibility index (Phi) is 7.82. The highest BCUT2D eigenvalue weighted by Crippen LogP contribution is 2.23. The van der Waals surface area contributed by atoms with Gasteiger partial charge in [-0.2, -0.15) is 0 Å². The molecule has 29 heavy (non-hydrogen) atoms. The third-order valence-corrected chi connectivity index (χ3v) is 6.87. The van der Waals surface area contributed by atoms with E-state index in [4.69, 9.17) is 9.83 Å². The van der Waals surface area contributed by atoms with Crippen molar-refractivity contribution in [1.82, 2.24) is 19.8 Å². The van der Waals surface area contributed by atoms with E-state index in [1.54, 1.807) is 11.8 Å². The molecule has 1 atom stereocenters. The van der Waals surface area contributed by atoms with Gasteiger partial charge in [0.25, 0.3) is 0 Å². The molecule has 1 aromatic heterocycles. The molecule has 0 spiro atoms. The molecule has 7 heteroatoms. The second-order valence-electron chi connectivity index (χ2n) is 8.68. The molecule has 0 amide bonds. The Bertz CT molecular complexity index is 702. The first-order valence-electron chi connectivity index (χ1n) is 10.8. The van der Waals surface area contributed by atoms with Crippen molar-refractivity contribution in [3.8, 4) is 0 Å². The van der Waals surface area contributed by atoms with Gasteiger partial charge in [0.05, 0.1) is 5.03 Å². The predicted octanol–water partition coefficient (Wildman–Crippen LogP) is 3.66. The zero-order valence-corrected chi connectivity index (χ0v) is 19.7. The average Bonchev–Trinajstić information content (AvgIpc) is 3.10. The van der Waals surface area contributed by atoms with Crippen molar-refractivity contribution < 1.29 is 4.84 Å². The number of pyridine rings is 1. The summed E-state index contributed by atoms with van der Waals surface area (Å²) in [5.41, 5.74) is 2.64. The average molecular weight is 420 g/mol. The first kappa shape index (κ1) is 22.4. The maximum Gasteiger partial charge on any atom is 0.309 e. The summed E-state index contributed by atoms with van der Waals surface area (Å²) in [6.45, 7) is 9.70. The first-order valence-corrected chi connectivity index (χ1v) is 12.0. The normalized spacial score (nSPS) is 21.2. The third-order valence-electron chi connectivity index (χ3n) is 6.05. The zero-order valence-electron chi connectivity index (χ0n) is 18.9. The lowest BCUT2D eigenvalue weighted by Crippen LogP contribution is -2.46. The monoisotopic (exact) mass is 419 g/mol. The van der Waals surface area contributed by atoms with Gasteiger partial charge in [0, 0.05) is 32.4 Å². The lowest BCUT2D eigenvalue weighted by Gasteiger charge is -2.37. The number of piperidine rings is 1. The number of rotatable bonds is 7. The van der Waals surface area contributed by atoms with Crippen LogP contribution < -0.4 is 0 Å². The topological polar surface area (TPSA) is 44.2 Å². The summed E-state index contributed by atoms with van der Waals surface area (Å²) in [6.07, 6.45) is 8.86. The Morgan fingerprint density at radius 3 is 2.62 bits per heavy atom. The van der Waals surface area contributed by atoms with Gasteiger partial charge in [0.2, 0.25) is 0 Å². The van der Waals surface area contributed by atoms with Crippen LogP contribution in [0.15, 0.2) is 22.3 Å². The van der Waals surface area contributed by atoms with Crippen molar-refractivity contribution in [3.63, 3.8) is 0 Å². The number of hydroxylamine groups is 2. The highest BCUT2D eigenvalue weighted by atomic mass is 32.2. The Morgan fingerprint density at radius 1 is 1.31 bits per heavy atom. The number of aromatic nitrogens is 1. The number of likely N-dealkylation sites (tertiary alicyclic amines) is 1. The van der Waals surface area contributed by atoms with Crippen LogP contribution in [0.1, 0.15) is 44.2 Å². The molecule has 0 radical (unpaired) electrons. The minimum atomic E-state index is 0.133. The molecule has 0 aliphatic carbocycles. The van der Waals surface area contributed by atoms with Crippen molar-refractivity contribution in [2.24, 2.45) is 10.9 Å². The van der Waals surface area contributed by atoms with Gasteiger partial charge >= 0.3 is 6.02 Å². The number of hydrogen-bond donors (Lipinski definition) is 0. The SMILES string of the molecule is CSc1ncc(CCCN(C)C2CCN(C3=NC(C(C)C)N(C)O3)CC2)cc1C. The summed E-state index contributed by atoms with van der Waals surface area (Å²) in [6, 6.07) is 3.75. The van der Waals surface area contributed by atoms with Gasteiger partial charge in [-0.25, -0.2) is 9.98 Å². The van der Waals surface area contributed by atoms with Gasteiger partial charge in [-0.15, -0.1) is 16.8 Å². The van der Waals surface area contributed by atoms with Crippen LogP contribution in [0.3, 0.4) is 0 Å². The quantitative estimate of drug-likeness (QED) is 0.629. The second-order valence-corrected chi connectivity index (χ2v) is 9.47. The molecule has 1 fully saturated rings. The van der Waals surface area contributed by atoms with Crippen LogP contribution in [0.2, 0.25) is 0 Å². The van der Waals surface area contributed by atoms with Crippen LogP contribution in [0.5, 0.6) is 0 Å². The highest BCUT2D eigenvalue weighted by molar-refractivity contribution is 7.98. The van der Waals surface area contributed by atoms with Crippen molar-refractivity contribution >= 4 is 17.8 Å². The largest absolute Gasteiger partial charge is 0.366 e. The van der Waals surface area contributed by atoms with E-state index in [1.165, 1.54) is 17.5 Å². The molecule has 3 heterocycles. The van der Waals surface area contributed by atoms with Crippen LogP contribution in [0.4, 0.5) is 0 Å². The Hall–Kier alpha value is -1.31. The van der Waals surface area contributed by atoms with E-state index in [1.807, 2.05) is 18.3 Å². The molecule has 1 saturated heterocycles. The predicted molar refractivity (Wildman–Crippen MR) is 121 cm³/mol. The Labute approximate surface area is 180 Å². The summed E-state index contributed by atoms with van der Waals surface area (Å²) in [5.74, 6) is 0.456. The zero-order chi connectivity index (χ0) is 21.0. The molecule has 6 nitrogen and oxygen atoms in total. The van der Waals surface area contributed by atoms with Crippen LogP contribution >= 0.6 is 11.8 Å². The minimum absolute atomic E-state index is 0.133. The molecule has 1 unspecified atom stereocenters. The molecule has 0 bridgehead atoms. The lowest BCUT2D eigenvalue weighted by molar-refractivity contribution is -0.0800. The Balaban J connectivity index is 1.42. The van der Waals surface area contributed by atoms with Gasteiger partial charge < -0.3 is 14.6 Å². The number of thioether (sulfide) groups is 1. The smallest absolute Gasteiger partial charge is 0.309 e.